The molecule has 1 amide bonds. The normalized spacial score (nSPS) is 10.0. The molecule has 0 spiro atoms. The number of non-ortho nitro benzene ring substituents is 1. The fourth-order valence-electron chi connectivity index (χ4n) is 1.48. The Bertz CT molecular complexity index is 695. The molecular formula is C10H7N5O5. The molecule has 10 nitrogen and oxygen atoms in total. The van der Waals surface area contributed by atoms with Gasteiger partial charge in [-0.2, -0.15) is 5.10 Å². The van der Waals surface area contributed by atoms with Crippen molar-refractivity contribution in [2.75, 3.05) is 5.32 Å². The monoisotopic (exact) mass is 277 g/mol. The van der Waals surface area contributed by atoms with Crippen LogP contribution in [0, 0.1) is 20.2 Å². The Hall–Kier alpha value is -3.30. The van der Waals surface area contributed by atoms with Crippen LogP contribution in [0.25, 0.3) is 0 Å². The van der Waals surface area contributed by atoms with E-state index in [1.54, 1.807) is 0 Å². The molecule has 0 aliphatic carbocycles. The van der Waals surface area contributed by atoms with Crippen LogP contribution in [0.2, 0.25) is 0 Å². The van der Waals surface area contributed by atoms with Gasteiger partial charge >= 0.3 is 5.69 Å². The second-order valence-corrected chi connectivity index (χ2v) is 3.65. The smallest absolute Gasteiger partial charge is 0.319 e. The number of nitrogens with zero attached hydrogens (tertiary/aromatic N) is 3. The maximum absolute atomic E-state index is 11.8. The van der Waals surface area contributed by atoms with Crippen molar-refractivity contribution in [2.24, 2.45) is 0 Å². The molecule has 1 aromatic carbocycles. The van der Waals surface area contributed by atoms with E-state index in [1.807, 2.05) is 0 Å². The number of anilines is 1. The van der Waals surface area contributed by atoms with Gasteiger partial charge in [0.25, 0.3) is 11.6 Å². The summed E-state index contributed by atoms with van der Waals surface area (Å²) in [5.41, 5.74) is -0.871. The first-order valence-electron chi connectivity index (χ1n) is 5.22. The summed E-state index contributed by atoms with van der Waals surface area (Å²) in [4.78, 5) is 31.7. The molecule has 2 aromatic rings. The molecule has 0 aliphatic rings. The second kappa shape index (κ2) is 5.14. The molecule has 1 aromatic heterocycles. The van der Waals surface area contributed by atoms with Gasteiger partial charge in [-0.25, -0.2) is 0 Å². The Kier molecular flexibility index (Phi) is 3.37. The van der Waals surface area contributed by atoms with Crippen molar-refractivity contribution >= 4 is 23.0 Å². The zero-order valence-corrected chi connectivity index (χ0v) is 9.77. The molecule has 0 unspecified atom stereocenters. The average Bonchev–Trinajstić information content (AvgIpc) is 2.88. The highest BCUT2D eigenvalue weighted by atomic mass is 16.6. The minimum absolute atomic E-state index is 0.146. The molecule has 2 N–H and O–H groups in total. The fourth-order valence-corrected chi connectivity index (χ4v) is 1.48. The predicted molar refractivity (Wildman–Crippen MR) is 66.3 cm³/mol. The first kappa shape index (κ1) is 13.1. The van der Waals surface area contributed by atoms with E-state index < -0.39 is 21.4 Å². The number of amides is 1. The Morgan fingerprint density at radius 3 is 2.65 bits per heavy atom. The summed E-state index contributed by atoms with van der Waals surface area (Å²) in [6.07, 6.45) is 0.905. The third kappa shape index (κ3) is 2.58. The van der Waals surface area contributed by atoms with Crippen LogP contribution >= 0.6 is 0 Å². The van der Waals surface area contributed by atoms with Gasteiger partial charge in [0.1, 0.15) is 6.20 Å². The molecule has 2 rings (SSSR count). The molecule has 102 valence electrons. The van der Waals surface area contributed by atoms with Gasteiger partial charge in [-0.3, -0.25) is 30.1 Å². The summed E-state index contributed by atoms with van der Waals surface area (Å²) in [6, 6.07) is 5.20. The summed E-state index contributed by atoms with van der Waals surface area (Å²) in [5, 5.41) is 29.2. The van der Waals surface area contributed by atoms with Gasteiger partial charge in [0.15, 0.2) is 0 Å². The SMILES string of the molecule is O=C(Nc1cccc([N+](=O)[O-])c1)c1[nH]ncc1[N+](=O)[O-]. The fraction of sp³-hybridized carbons (Fsp3) is 0. The molecule has 0 bridgehead atoms. The predicted octanol–water partition coefficient (Wildman–Crippen LogP) is 1.48. The van der Waals surface area contributed by atoms with E-state index in [4.69, 9.17) is 0 Å². The van der Waals surface area contributed by atoms with Crippen LogP contribution in [0.4, 0.5) is 17.1 Å². The molecule has 10 heteroatoms. The highest BCUT2D eigenvalue weighted by Crippen LogP contribution is 2.20. The van der Waals surface area contributed by atoms with Gasteiger partial charge in [-0.05, 0) is 6.07 Å². The molecule has 0 saturated carbocycles. The van der Waals surface area contributed by atoms with Crippen LogP contribution in [-0.2, 0) is 0 Å². The Labute approximate surface area is 110 Å². The Morgan fingerprint density at radius 2 is 2.00 bits per heavy atom. The molecule has 0 radical (unpaired) electrons. The van der Waals surface area contributed by atoms with Gasteiger partial charge in [-0.15, -0.1) is 0 Å². The summed E-state index contributed by atoms with van der Waals surface area (Å²) in [5.74, 6) is -0.810. The van der Waals surface area contributed by atoms with Crippen molar-refractivity contribution in [1.29, 1.82) is 0 Å². The molecule has 0 fully saturated rings. The van der Waals surface area contributed by atoms with Crippen LogP contribution in [0.1, 0.15) is 10.5 Å². The van der Waals surface area contributed by atoms with Gasteiger partial charge in [0.05, 0.1) is 9.85 Å². The number of nitrogens with one attached hydrogen (secondary N) is 2. The molecule has 1 heterocycles. The zero-order valence-electron chi connectivity index (χ0n) is 9.77. The van der Waals surface area contributed by atoms with E-state index in [0.717, 1.165) is 12.3 Å². The van der Waals surface area contributed by atoms with Gasteiger partial charge in [-0.1, -0.05) is 6.07 Å². The quantitative estimate of drug-likeness (QED) is 0.639. The van der Waals surface area contributed by atoms with E-state index in [1.165, 1.54) is 18.2 Å². The van der Waals surface area contributed by atoms with Crippen LogP contribution in [0.15, 0.2) is 30.5 Å². The first-order chi connectivity index (χ1) is 9.49. The Balaban J connectivity index is 2.23. The van der Waals surface area contributed by atoms with Crippen molar-refractivity contribution in [1.82, 2.24) is 10.2 Å². The van der Waals surface area contributed by atoms with Gasteiger partial charge in [0, 0.05) is 17.8 Å². The second-order valence-electron chi connectivity index (χ2n) is 3.65. The van der Waals surface area contributed by atoms with Crippen molar-refractivity contribution in [3.63, 3.8) is 0 Å². The van der Waals surface area contributed by atoms with Crippen LogP contribution in [-0.4, -0.2) is 26.0 Å². The van der Waals surface area contributed by atoms with E-state index in [2.05, 4.69) is 15.5 Å². The van der Waals surface area contributed by atoms with Crippen molar-refractivity contribution < 1.29 is 14.6 Å². The number of hydrogen-bond donors (Lipinski definition) is 2. The number of aromatic amines is 1. The van der Waals surface area contributed by atoms with E-state index in [0.29, 0.717) is 0 Å². The minimum atomic E-state index is -0.810. The number of carbonyl (C=O) groups excluding carboxylic acids is 1. The van der Waals surface area contributed by atoms with Crippen molar-refractivity contribution in [3.05, 3.63) is 56.4 Å². The molecule has 0 atom stereocenters. The molecule has 0 aliphatic heterocycles. The standard InChI is InChI=1S/C10H7N5O5/c16-10(9-8(15(19)20)5-11-13-9)12-6-2-1-3-7(4-6)14(17)18/h1-5H,(H,11,13)(H,12,16). The topological polar surface area (TPSA) is 144 Å². The number of carbonyl (C=O) groups is 1. The number of aromatic nitrogens is 2. The summed E-state index contributed by atoms with van der Waals surface area (Å²) < 4.78 is 0. The summed E-state index contributed by atoms with van der Waals surface area (Å²) >= 11 is 0. The minimum Gasteiger partial charge on any atom is -0.320 e. The molecule has 20 heavy (non-hydrogen) atoms. The highest BCUT2D eigenvalue weighted by molar-refractivity contribution is 6.05. The largest absolute Gasteiger partial charge is 0.320 e. The lowest BCUT2D eigenvalue weighted by molar-refractivity contribution is -0.385. The first-order valence-corrected chi connectivity index (χ1v) is 5.22. The third-order valence-corrected chi connectivity index (χ3v) is 2.36. The number of rotatable bonds is 4. The van der Waals surface area contributed by atoms with Gasteiger partial charge in [0.2, 0.25) is 5.69 Å². The maximum atomic E-state index is 11.8. The van der Waals surface area contributed by atoms with Crippen LogP contribution in [0.5, 0.6) is 0 Å². The molecular weight excluding hydrogens is 270 g/mol. The average molecular weight is 277 g/mol. The zero-order chi connectivity index (χ0) is 14.7. The van der Waals surface area contributed by atoms with Crippen molar-refractivity contribution in [2.45, 2.75) is 0 Å². The van der Waals surface area contributed by atoms with Crippen molar-refractivity contribution in [3.8, 4) is 0 Å². The van der Waals surface area contributed by atoms with Crippen LogP contribution < -0.4 is 5.32 Å². The molecule has 0 saturated heterocycles. The van der Waals surface area contributed by atoms with E-state index in [-0.39, 0.29) is 17.1 Å². The third-order valence-electron chi connectivity index (χ3n) is 2.36. The lowest BCUT2D eigenvalue weighted by atomic mass is 10.2. The number of benzene rings is 1. The van der Waals surface area contributed by atoms with E-state index in [9.17, 15) is 25.0 Å². The summed E-state index contributed by atoms with van der Waals surface area (Å²) in [6.45, 7) is 0. The Morgan fingerprint density at radius 1 is 1.25 bits per heavy atom. The summed E-state index contributed by atoms with van der Waals surface area (Å²) in [7, 11) is 0. The van der Waals surface area contributed by atoms with Gasteiger partial charge < -0.3 is 5.32 Å². The maximum Gasteiger partial charge on any atom is 0.319 e. The number of hydrogen-bond acceptors (Lipinski definition) is 6. The van der Waals surface area contributed by atoms with Crippen LogP contribution in [0.3, 0.4) is 0 Å². The number of nitro benzene ring substituents is 1. The number of nitro groups is 2. The number of H-pyrrole nitrogens is 1. The lowest BCUT2D eigenvalue weighted by Crippen LogP contribution is -2.14. The lowest BCUT2D eigenvalue weighted by Gasteiger charge is -2.02. The van der Waals surface area contributed by atoms with E-state index >= 15 is 0 Å². The highest BCUT2D eigenvalue weighted by Gasteiger charge is 2.23.